The van der Waals surface area contributed by atoms with Gasteiger partial charge in [-0.2, -0.15) is 0 Å². The first-order valence-corrected chi connectivity index (χ1v) is 7.49. The molecule has 0 radical (unpaired) electrons. The third-order valence-corrected chi connectivity index (χ3v) is 3.76. The van der Waals surface area contributed by atoms with Crippen molar-refractivity contribution in [2.24, 2.45) is 5.73 Å². The minimum absolute atomic E-state index is 0.00941. The van der Waals surface area contributed by atoms with Crippen LogP contribution in [0.5, 0.6) is 5.75 Å². The van der Waals surface area contributed by atoms with Gasteiger partial charge in [0, 0.05) is 18.5 Å². The van der Waals surface area contributed by atoms with Gasteiger partial charge in [-0.25, -0.2) is 4.39 Å². The van der Waals surface area contributed by atoms with E-state index in [-0.39, 0.29) is 23.6 Å². The van der Waals surface area contributed by atoms with E-state index in [9.17, 15) is 4.39 Å². The summed E-state index contributed by atoms with van der Waals surface area (Å²) in [6, 6.07) is 4.79. The fourth-order valence-electron chi connectivity index (χ4n) is 3.04. The lowest BCUT2D eigenvalue weighted by Gasteiger charge is -2.27. The van der Waals surface area contributed by atoms with Crippen LogP contribution >= 0.6 is 0 Å². The van der Waals surface area contributed by atoms with Crippen molar-refractivity contribution in [1.29, 1.82) is 0 Å². The van der Waals surface area contributed by atoms with Gasteiger partial charge >= 0.3 is 0 Å². The molecular formula is C17H26FNO2. The summed E-state index contributed by atoms with van der Waals surface area (Å²) in [6.45, 7) is 10.0. The quantitative estimate of drug-likeness (QED) is 0.925. The van der Waals surface area contributed by atoms with Gasteiger partial charge in [-0.05, 0) is 58.7 Å². The smallest absolute Gasteiger partial charge is 0.130 e. The number of rotatable bonds is 4. The maximum atomic E-state index is 13.7. The third kappa shape index (κ3) is 4.17. The molecule has 118 valence electrons. The van der Waals surface area contributed by atoms with Crippen molar-refractivity contribution in [1.82, 2.24) is 0 Å². The monoisotopic (exact) mass is 295 g/mol. The minimum atomic E-state index is -0.392. The van der Waals surface area contributed by atoms with Crippen molar-refractivity contribution in [2.75, 3.05) is 0 Å². The third-order valence-electron chi connectivity index (χ3n) is 3.76. The Labute approximate surface area is 126 Å². The van der Waals surface area contributed by atoms with Gasteiger partial charge in [0.15, 0.2) is 0 Å². The molecule has 1 saturated heterocycles. The van der Waals surface area contributed by atoms with Gasteiger partial charge in [-0.15, -0.1) is 0 Å². The summed E-state index contributed by atoms with van der Waals surface area (Å²) < 4.78 is 25.8. The molecule has 1 heterocycles. The van der Waals surface area contributed by atoms with Crippen LogP contribution < -0.4 is 10.5 Å². The topological polar surface area (TPSA) is 44.5 Å². The van der Waals surface area contributed by atoms with Crippen LogP contribution in [0.4, 0.5) is 4.39 Å². The summed E-state index contributed by atoms with van der Waals surface area (Å²) >= 11 is 0. The molecule has 2 rings (SSSR count). The van der Waals surface area contributed by atoms with Gasteiger partial charge in [0.25, 0.3) is 0 Å². The Kier molecular flexibility index (Phi) is 4.31. The van der Waals surface area contributed by atoms with E-state index in [1.807, 2.05) is 40.7 Å². The molecule has 1 fully saturated rings. The number of nitrogens with two attached hydrogens (primary N) is 1. The molecule has 0 spiro atoms. The Balaban J connectivity index is 2.18. The number of hydrogen-bond acceptors (Lipinski definition) is 3. The molecule has 0 amide bonds. The Morgan fingerprint density at radius 1 is 1.33 bits per heavy atom. The Hall–Kier alpha value is -1.13. The van der Waals surface area contributed by atoms with E-state index in [1.165, 1.54) is 12.1 Å². The van der Waals surface area contributed by atoms with Crippen LogP contribution in [0.25, 0.3) is 0 Å². The Bertz CT molecular complexity index is 512. The molecule has 21 heavy (non-hydrogen) atoms. The fourth-order valence-corrected chi connectivity index (χ4v) is 3.04. The predicted molar refractivity (Wildman–Crippen MR) is 82.0 cm³/mol. The molecule has 2 N–H and O–H groups in total. The lowest BCUT2D eigenvalue weighted by atomic mass is 9.97. The maximum Gasteiger partial charge on any atom is 0.130 e. The maximum absolute atomic E-state index is 13.7. The van der Waals surface area contributed by atoms with Crippen molar-refractivity contribution in [3.8, 4) is 5.75 Å². The molecule has 0 aliphatic carbocycles. The van der Waals surface area contributed by atoms with E-state index >= 15 is 0 Å². The summed E-state index contributed by atoms with van der Waals surface area (Å²) in [7, 11) is 0. The summed E-state index contributed by atoms with van der Waals surface area (Å²) in [5, 5.41) is 0. The molecule has 0 saturated carbocycles. The summed E-state index contributed by atoms with van der Waals surface area (Å²) in [5.41, 5.74) is 6.02. The molecule has 4 heteroatoms. The first-order valence-electron chi connectivity index (χ1n) is 7.49. The largest absolute Gasteiger partial charge is 0.487 e. The molecule has 1 aliphatic rings. The van der Waals surface area contributed by atoms with Crippen LogP contribution in [-0.4, -0.2) is 23.3 Å². The lowest BCUT2D eigenvalue weighted by molar-refractivity contribution is -0.0846. The summed E-state index contributed by atoms with van der Waals surface area (Å²) in [4.78, 5) is 0. The highest BCUT2D eigenvalue weighted by molar-refractivity contribution is 5.30. The zero-order valence-corrected chi connectivity index (χ0v) is 13.6. The average Bonchev–Trinajstić information content (AvgIpc) is 2.43. The van der Waals surface area contributed by atoms with Crippen LogP contribution in [0.15, 0.2) is 18.2 Å². The predicted octanol–water partition coefficient (Wildman–Crippen LogP) is 3.44. The molecular weight excluding hydrogens is 269 g/mol. The second-order valence-electron chi connectivity index (χ2n) is 7.25. The Morgan fingerprint density at radius 2 is 2.00 bits per heavy atom. The van der Waals surface area contributed by atoms with E-state index in [4.69, 9.17) is 15.2 Å². The van der Waals surface area contributed by atoms with Gasteiger partial charge in [-0.1, -0.05) is 0 Å². The zero-order valence-electron chi connectivity index (χ0n) is 13.6. The molecule has 0 aromatic heterocycles. The number of halogens is 1. The Morgan fingerprint density at radius 3 is 2.52 bits per heavy atom. The molecule has 2 atom stereocenters. The van der Waals surface area contributed by atoms with Gasteiger partial charge in [-0.3, -0.25) is 0 Å². The fraction of sp³-hybridized carbons (Fsp3) is 0.647. The van der Waals surface area contributed by atoms with Gasteiger partial charge < -0.3 is 15.2 Å². The van der Waals surface area contributed by atoms with Crippen molar-refractivity contribution >= 4 is 0 Å². The number of hydrogen-bond donors (Lipinski definition) is 1. The molecule has 1 aliphatic heterocycles. The molecule has 2 unspecified atom stereocenters. The van der Waals surface area contributed by atoms with Crippen molar-refractivity contribution in [3.05, 3.63) is 29.6 Å². The van der Waals surface area contributed by atoms with Gasteiger partial charge in [0.2, 0.25) is 0 Å². The highest BCUT2D eigenvalue weighted by Gasteiger charge is 2.47. The standard InChI is InChI=1S/C17H26FNO2/c1-11(19)6-12-7-13(18)9-14(8-12)20-15-10-16(2,3)21-17(15,4)5/h7-9,11,15H,6,10,19H2,1-5H3. The number of ether oxygens (including phenoxy) is 2. The normalized spacial score (nSPS) is 24.8. The SMILES string of the molecule is CC(N)Cc1cc(F)cc(OC2CC(C)(C)OC2(C)C)c1. The number of benzene rings is 1. The highest BCUT2D eigenvalue weighted by atomic mass is 19.1. The van der Waals surface area contributed by atoms with Gasteiger partial charge in [0.1, 0.15) is 23.3 Å². The first kappa shape index (κ1) is 16.2. The molecule has 1 aromatic carbocycles. The highest BCUT2D eigenvalue weighted by Crippen LogP contribution is 2.39. The van der Waals surface area contributed by atoms with E-state index < -0.39 is 5.60 Å². The molecule has 3 nitrogen and oxygen atoms in total. The summed E-state index contributed by atoms with van der Waals surface area (Å²) in [6.07, 6.45) is 1.31. The van der Waals surface area contributed by atoms with Crippen molar-refractivity contribution in [3.63, 3.8) is 0 Å². The van der Waals surface area contributed by atoms with Crippen LogP contribution in [0.2, 0.25) is 0 Å². The van der Waals surface area contributed by atoms with Gasteiger partial charge in [0.05, 0.1) is 5.60 Å². The summed E-state index contributed by atoms with van der Waals surface area (Å²) in [5.74, 6) is 0.254. The van der Waals surface area contributed by atoms with Crippen molar-refractivity contribution in [2.45, 2.75) is 70.8 Å². The van der Waals surface area contributed by atoms with E-state index in [2.05, 4.69) is 0 Å². The van der Waals surface area contributed by atoms with E-state index in [0.29, 0.717) is 12.2 Å². The lowest BCUT2D eigenvalue weighted by Crippen LogP contribution is -2.36. The van der Waals surface area contributed by atoms with E-state index in [1.54, 1.807) is 0 Å². The first-order chi connectivity index (χ1) is 9.57. The second kappa shape index (κ2) is 5.58. The molecule has 1 aromatic rings. The zero-order chi connectivity index (χ0) is 15.8. The van der Waals surface area contributed by atoms with E-state index in [0.717, 1.165) is 12.0 Å². The van der Waals surface area contributed by atoms with Crippen LogP contribution in [-0.2, 0) is 11.2 Å². The minimum Gasteiger partial charge on any atom is -0.487 e. The van der Waals surface area contributed by atoms with Crippen molar-refractivity contribution < 1.29 is 13.9 Å². The average molecular weight is 295 g/mol. The van der Waals surface area contributed by atoms with Crippen LogP contribution in [0.3, 0.4) is 0 Å². The van der Waals surface area contributed by atoms with Crippen LogP contribution in [0.1, 0.15) is 46.6 Å². The van der Waals surface area contributed by atoms with Crippen LogP contribution in [0, 0.1) is 5.82 Å². The molecule has 0 bridgehead atoms. The second-order valence-corrected chi connectivity index (χ2v) is 7.25.